The van der Waals surface area contributed by atoms with Crippen molar-refractivity contribution in [3.8, 4) is 11.1 Å². The van der Waals surface area contributed by atoms with Gasteiger partial charge < -0.3 is 0 Å². The summed E-state index contributed by atoms with van der Waals surface area (Å²) >= 11 is 0. The highest BCUT2D eigenvalue weighted by Gasteiger charge is 2.01. The highest BCUT2D eigenvalue weighted by molar-refractivity contribution is 5.69. The zero-order valence-corrected chi connectivity index (χ0v) is 10.0. The smallest absolute Gasteiger partial charge is 0.235 e. The monoisotopic (exact) mass is 239 g/mol. The average Bonchev–Trinajstić information content (AvgIpc) is 2.37. The Bertz CT molecular complexity index is 603. The molecule has 0 aromatic heterocycles. The van der Waals surface area contributed by atoms with E-state index in [-0.39, 0.29) is 0 Å². The van der Waals surface area contributed by atoms with Crippen molar-refractivity contribution in [3.05, 3.63) is 76.0 Å². The third-order valence-corrected chi connectivity index (χ3v) is 2.73. The van der Waals surface area contributed by atoms with Crippen LogP contribution in [0.15, 0.2) is 54.7 Å². The third kappa shape index (κ3) is 2.83. The minimum absolute atomic E-state index is 0.458. The van der Waals surface area contributed by atoms with E-state index in [0.29, 0.717) is 0 Å². The third-order valence-electron chi connectivity index (χ3n) is 2.73. The van der Waals surface area contributed by atoms with Crippen LogP contribution in [-0.2, 0) is 0 Å². The minimum atomic E-state index is -0.458. The topological polar surface area (TPSA) is 43.1 Å². The number of nitrogens with zero attached hydrogens (tertiary/aromatic N) is 1. The highest BCUT2D eigenvalue weighted by atomic mass is 16.6. The Morgan fingerprint density at radius 2 is 1.89 bits per heavy atom. The van der Waals surface area contributed by atoms with E-state index >= 15 is 0 Å². The van der Waals surface area contributed by atoms with Crippen molar-refractivity contribution in [2.24, 2.45) is 0 Å². The lowest BCUT2D eigenvalue weighted by molar-refractivity contribution is -0.400. The lowest BCUT2D eigenvalue weighted by atomic mass is 9.99. The first-order valence-electron chi connectivity index (χ1n) is 5.64. The van der Waals surface area contributed by atoms with E-state index in [1.54, 1.807) is 0 Å². The molecule has 90 valence electrons. The van der Waals surface area contributed by atoms with E-state index < -0.39 is 4.92 Å². The summed E-state index contributed by atoms with van der Waals surface area (Å²) < 4.78 is 0. The van der Waals surface area contributed by atoms with Crippen LogP contribution in [0.25, 0.3) is 17.2 Å². The molecule has 0 aliphatic heterocycles. The van der Waals surface area contributed by atoms with Gasteiger partial charge in [-0.3, -0.25) is 10.1 Å². The van der Waals surface area contributed by atoms with Crippen LogP contribution in [0.4, 0.5) is 0 Å². The summed E-state index contributed by atoms with van der Waals surface area (Å²) in [4.78, 5) is 9.84. The first kappa shape index (κ1) is 12.0. The molecule has 0 atom stereocenters. The lowest BCUT2D eigenvalue weighted by Gasteiger charge is -2.06. The lowest BCUT2D eigenvalue weighted by Crippen LogP contribution is -1.85. The predicted octanol–water partition coefficient (Wildman–Crippen LogP) is 3.91. The average molecular weight is 239 g/mol. The van der Waals surface area contributed by atoms with Crippen LogP contribution in [0.3, 0.4) is 0 Å². The fourth-order valence-corrected chi connectivity index (χ4v) is 1.85. The highest BCUT2D eigenvalue weighted by Crippen LogP contribution is 2.24. The van der Waals surface area contributed by atoms with E-state index in [1.807, 2.05) is 42.5 Å². The molecule has 0 saturated carbocycles. The quantitative estimate of drug-likeness (QED) is 0.602. The van der Waals surface area contributed by atoms with Crippen LogP contribution in [-0.4, -0.2) is 4.92 Å². The summed E-state index contributed by atoms with van der Waals surface area (Å²) in [7, 11) is 0. The standard InChI is InChI=1S/C15H13NO2/c1-12-5-2-3-8-15(12)14-7-4-6-13(11-14)9-10-16(17)18/h2-11H,1H3/b10-9+. The summed E-state index contributed by atoms with van der Waals surface area (Å²) in [6, 6.07) is 15.8. The normalized spacial score (nSPS) is 10.7. The molecule has 0 fully saturated rings. The number of hydrogen-bond acceptors (Lipinski definition) is 2. The molecule has 2 aromatic carbocycles. The summed E-state index contributed by atoms with van der Waals surface area (Å²) in [6.45, 7) is 2.05. The van der Waals surface area contributed by atoms with E-state index in [0.717, 1.165) is 22.9 Å². The first-order chi connectivity index (χ1) is 8.66. The van der Waals surface area contributed by atoms with Crippen LogP contribution in [0.2, 0.25) is 0 Å². The Hall–Kier alpha value is -2.42. The fraction of sp³-hybridized carbons (Fsp3) is 0.0667. The van der Waals surface area contributed by atoms with Gasteiger partial charge in [0.1, 0.15) is 0 Å². The van der Waals surface area contributed by atoms with Gasteiger partial charge in [0.25, 0.3) is 0 Å². The second-order valence-corrected chi connectivity index (χ2v) is 4.04. The van der Waals surface area contributed by atoms with Gasteiger partial charge in [-0.1, -0.05) is 42.5 Å². The van der Waals surface area contributed by atoms with E-state index in [2.05, 4.69) is 13.0 Å². The van der Waals surface area contributed by atoms with Gasteiger partial charge in [-0.2, -0.15) is 0 Å². The predicted molar refractivity (Wildman–Crippen MR) is 72.6 cm³/mol. The fourth-order valence-electron chi connectivity index (χ4n) is 1.85. The van der Waals surface area contributed by atoms with Crippen LogP contribution < -0.4 is 0 Å². The zero-order chi connectivity index (χ0) is 13.0. The number of benzene rings is 2. The molecular formula is C15H13NO2. The van der Waals surface area contributed by atoms with Gasteiger partial charge in [-0.05, 0) is 35.2 Å². The molecule has 0 bridgehead atoms. The van der Waals surface area contributed by atoms with Crippen molar-refractivity contribution in [2.75, 3.05) is 0 Å². The van der Waals surface area contributed by atoms with Crippen molar-refractivity contribution in [2.45, 2.75) is 6.92 Å². The Morgan fingerprint density at radius 3 is 2.61 bits per heavy atom. The van der Waals surface area contributed by atoms with Gasteiger partial charge in [0.05, 0.1) is 4.92 Å². The largest absolute Gasteiger partial charge is 0.259 e. The Kier molecular flexibility index (Phi) is 3.53. The molecule has 0 aliphatic rings. The molecule has 0 aliphatic carbocycles. The number of aryl methyl sites for hydroxylation is 1. The Morgan fingerprint density at radius 1 is 1.11 bits per heavy atom. The van der Waals surface area contributed by atoms with Gasteiger partial charge in [-0.15, -0.1) is 0 Å². The molecular weight excluding hydrogens is 226 g/mol. The zero-order valence-electron chi connectivity index (χ0n) is 10.0. The molecule has 3 nitrogen and oxygen atoms in total. The SMILES string of the molecule is Cc1ccccc1-c1cccc(/C=C/[N+](=O)[O-])c1. The van der Waals surface area contributed by atoms with Crippen LogP contribution >= 0.6 is 0 Å². The van der Waals surface area contributed by atoms with Gasteiger partial charge in [0.15, 0.2) is 0 Å². The molecule has 0 N–H and O–H groups in total. The minimum Gasteiger partial charge on any atom is -0.259 e. The number of nitro groups is 1. The Labute approximate surface area is 106 Å². The van der Waals surface area contributed by atoms with E-state index in [1.165, 1.54) is 11.6 Å². The molecule has 0 amide bonds. The van der Waals surface area contributed by atoms with Crippen LogP contribution in [0.1, 0.15) is 11.1 Å². The molecule has 2 aromatic rings. The second kappa shape index (κ2) is 5.27. The van der Waals surface area contributed by atoms with Crippen molar-refractivity contribution in [1.82, 2.24) is 0 Å². The molecule has 3 heteroatoms. The van der Waals surface area contributed by atoms with Crippen molar-refractivity contribution >= 4 is 6.08 Å². The summed E-state index contributed by atoms with van der Waals surface area (Å²) in [6.07, 6.45) is 2.46. The van der Waals surface area contributed by atoms with Crippen molar-refractivity contribution in [1.29, 1.82) is 0 Å². The molecule has 18 heavy (non-hydrogen) atoms. The maximum Gasteiger partial charge on any atom is 0.235 e. The molecule has 0 heterocycles. The second-order valence-electron chi connectivity index (χ2n) is 4.04. The number of hydrogen-bond donors (Lipinski definition) is 0. The van der Waals surface area contributed by atoms with Crippen LogP contribution in [0, 0.1) is 17.0 Å². The molecule has 0 unspecified atom stereocenters. The van der Waals surface area contributed by atoms with Gasteiger partial charge in [0.2, 0.25) is 6.20 Å². The van der Waals surface area contributed by atoms with Gasteiger partial charge in [0, 0.05) is 6.08 Å². The number of rotatable bonds is 3. The maximum absolute atomic E-state index is 10.3. The summed E-state index contributed by atoms with van der Waals surface area (Å²) in [5.41, 5.74) is 4.23. The van der Waals surface area contributed by atoms with E-state index in [9.17, 15) is 10.1 Å². The maximum atomic E-state index is 10.3. The van der Waals surface area contributed by atoms with Crippen molar-refractivity contribution < 1.29 is 4.92 Å². The van der Waals surface area contributed by atoms with Crippen molar-refractivity contribution in [3.63, 3.8) is 0 Å². The summed E-state index contributed by atoms with van der Waals surface area (Å²) in [5, 5.41) is 10.3. The van der Waals surface area contributed by atoms with Gasteiger partial charge >= 0.3 is 0 Å². The molecule has 0 radical (unpaired) electrons. The van der Waals surface area contributed by atoms with Gasteiger partial charge in [-0.25, -0.2) is 0 Å². The van der Waals surface area contributed by atoms with Crippen LogP contribution in [0.5, 0.6) is 0 Å². The molecule has 0 saturated heterocycles. The molecule has 2 rings (SSSR count). The Balaban J connectivity index is 2.39. The van der Waals surface area contributed by atoms with E-state index in [4.69, 9.17) is 0 Å². The molecule has 0 spiro atoms. The summed E-state index contributed by atoms with van der Waals surface area (Å²) in [5.74, 6) is 0. The first-order valence-corrected chi connectivity index (χ1v) is 5.64.